The first kappa shape index (κ1) is 15.3. The molecule has 0 fully saturated rings. The lowest BCUT2D eigenvalue weighted by molar-refractivity contribution is 0.483. The molecule has 0 bridgehead atoms. The Morgan fingerprint density at radius 3 is 2.10 bits per heavy atom. The molecule has 0 saturated carbocycles. The van der Waals surface area contributed by atoms with Crippen molar-refractivity contribution in [1.82, 2.24) is 0 Å². The van der Waals surface area contributed by atoms with Crippen LogP contribution in [0.25, 0.3) is 0 Å². The third kappa shape index (κ3) is 3.72. The lowest BCUT2D eigenvalue weighted by atomic mass is 10.3. The third-order valence-corrected chi connectivity index (χ3v) is 4.82. The molecule has 7 nitrogen and oxygen atoms in total. The van der Waals surface area contributed by atoms with Gasteiger partial charge in [-0.15, -0.1) is 0 Å². The number of benzene rings is 2. The highest BCUT2D eigenvalue weighted by atomic mass is 32.2. The van der Waals surface area contributed by atoms with Crippen molar-refractivity contribution in [3.05, 3.63) is 48.5 Å². The van der Waals surface area contributed by atoms with E-state index in [-0.39, 0.29) is 10.6 Å². The molecule has 0 aromatic heterocycles. The van der Waals surface area contributed by atoms with E-state index in [4.69, 9.17) is 10.3 Å². The maximum atomic E-state index is 12.1. The van der Waals surface area contributed by atoms with Gasteiger partial charge < -0.3 is 5.73 Å². The van der Waals surface area contributed by atoms with E-state index in [0.29, 0.717) is 5.69 Å². The predicted octanol–water partition coefficient (Wildman–Crippen LogP) is 1.32. The van der Waals surface area contributed by atoms with Crippen molar-refractivity contribution in [2.75, 3.05) is 10.5 Å². The second-order valence-corrected chi connectivity index (χ2v) is 7.28. The molecule has 2 aromatic carbocycles. The number of rotatable bonds is 4. The Balaban J connectivity index is 2.35. The van der Waals surface area contributed by atoms with Gasteiger partial charge in [-0.3, -0.25) is 9.27 Å². The van der Waals surface area contributed by atoms with Crippen LogP contribution >= 0.6 is 0 Å². The van der Waals surface area contributed by atoms with Crippen LogP contribution in [-0.2, 0) is 20.1 Å². The number of sulfonamides is 1. The summed E-state index contributed by atoms with van der Waals surface area (Å²) in [6.45, 7) is 0. The highest BCUT2D eigenvalue weighted by Gasteiger charge is 2.16. The minimum atomic E-state index is -4.40. The topological polar surface area (TPSA) is 127 Å². The number of nitrogens with one attached hydrogen (secondary N) is 1. The van der Waals surface area contributed by atoms with E-state index in [1.54, 1.807) is 0 Å². The molecule has 112 valence electrons. The summed E-state index contributed by atoms with van der Waals surface area (Å²) in [7, 11) is -8.28. The van der Waals surface area contributed by atoms with Gasteiger partial charge in [0.15, 0.2) is 0 Å². The molecule has 0 unspecified atom stereocenters. The van der Waals surface area contributed by atoms with Gasteiger partial charge in [-0.25, -0.2) is 8.42 Å². The Morgan fingerprint density at radius 2 is 1.52 bits per heavy atom. The van der Waals surface area contributed by atoms with Gasteiger partial charge in [0, 0.05) is 5.69 Å². The van der Waals surface area contributed by atoms with E-state index in [9.17, 15) is 16.8 Å². The van der Waals surface area contributed by atoms with Crippen molar-refractivity contribution < 1.29 is 21.4 Å². The average molecular weight is 328 g/mol. The van der Waals surface area contributed by atoms with E-state index >= 15 is 0 Å². The molecule has 2 rings (SSSR count). The molecule has 0 spiro atoms. The molecule has 0 aliphatic rings. The normalized spacial score (nSPS) is 12.0. The molecule has 0 amide bonds. The summed E-state index contributed by atoms with van der Waals surface area (Å²) in [5, 5.41) is 0. The maximum Gasteiger partial charge on any atom is 0.294 e. The SMILES string of the molecule is Nc1ccc(S(=O)(=O)Nc2cccc(S(=O)(=O)O)c2)cc1. The maximum absolute atomic E-state index is 12.1. The van der Waals surface area contributed by atoms with E-state index in [1.165, 1.54) is 36.4 Å². The Morgan fingerprint density at radius 1 is 0.905 bits per heavy atom. The van der Waals surface area contributed by atoms with Crippen molar-refractivity contribution in [3.63, 3.8) is 0 Å². The molecule has 0 atom stereocenters. The zero-order chi connectivity index (χ0) is 15.7. The minimum absolute atomic E-state index is 0.0157. The van der Waals surface area contributed by atoms with E-state index in [1.807, 2.05) is 0 Å². The van der Waals surface area contributed by atoms with Crippen molar-refractivity contribution in [3.8, 4) is 0 Å². The Labute approximate surface area is 122 Å². The predicted molar refractivity (Wildman–Crippen MR) is 77.9 cm³/mol. The number of nitrogens with two attached hydrogens (primary N) is 1. The molecule has 4 N–H and O–H groups in total. The fourth-order valence-corrected chi connectivity index (χ4v) is 3.16. The Bertz CT molecular complexity index is 859. The molecule has 21 heavy (non-hydrogen) atoms. The molecule has 0 aliphatic carbocycles. The van der Waals surface area contributed by atoms with Crippen molar-refractivity contribution in [2.24, 2.45) is 0 Å². The van der Waals surface area contributed by atoms with Gasteiger partial charge >= 0.3 is 0 Å². The molecule has 0 aliphatic heterocycles. The lowest BCUT2D eigenvalue weighted by Gasteiger charge is -2.09. The highest BCUT2D eigenvalue weighted by Crippen LogP contribution is 2.20. The highest BCUT2D eigenvalue weighted by molar-refractivity contribution is 7.92. The molecule has 0 radical (unpaired) electrons. The summed E-state index contributed by atoms with van der Waals surface area (Å²) in [6, 6.07) is 10.4. The number of hydrogen-bond donors (Lipinski definition) is 3. The smallest absolute Gasteiger partial charge is 0.294 e. The molecule has 0 saturated heterocycles. The van der Waals surface area contributed by atoms with Crippen LogP contribution in [-0.4, -0.2) is 21.4 Å². The zero-order valence-electron chi connectivity index (χ0n) is 10.6. The monoisotopic (exact) mass is 328 g/mol. The van der Waals surface area contributed by atoms with E-state index in [2.05, 4.69) is 4.72 Å². The number of nitrogen functional groups attached to an aromatic ring is 1. The summed E-state index contributed by atoms with van der Waals surface area (Å²) < 4.78 is 57.4. The summed E-state index contributed by atoms with van der Waals surface area (Å²) in [5.74, 6) is 0. The standard InChI is InChI=1S/C12H12N2O5S2/c13-9-4-6-11(7-5-9)20(15,16)14-10-2-1-3-12(8-10)21(17,18)19/h1-8,14H,13H2,(H,17,18,19). The van der Waals surface area contributed by atoms with Gasteiger partial charge in [0.2, 0.25) is 0 Å². The van der Waals surface area contributed by atoms with Crippen LogP contribution < -0.4 is 10.5 Å². The van der Waals surface area contributed by atoms with Crippen LogP contribution in [0.1, 0.15) is 0 Å². The fourth-order valence-electron chi connectivity index (χ4n) is 1.58. The van der Waals surface area contributed by atoms with Gasteiger partial charge in [0.05, 0.1) is 15.5 Å². The minimum Gasteiger partial charge on any atom is -0.399 e. The van der Waals surface area contributed by atoms with Gasteiger partial charge in [-0.05, 0) is 42.5 Å². The summed E-state index contributed by atoms with van der Waals surface area (Å²) in [5.41, 5.74) is 5.92. The van der Waals surface area contributed by atoms with Crippen molar-refractivity contribution >= 4 is 31.5 Å². The molecular weight excluding hydrogens is 316 g/mol. The second kappa shape index (κ2) is 5.35. The zero-order valence-corrected chi connectivity index (χ0v) is 12.2. The van der Waals surface area contributed by atoms with Gasteiger partial charge in [-0.2, -0.15) is 8.42 Å². The van der Waals surface area contributed by atoms with E-state index in [0.717, 1.165) is 12.1 Å². The van der Waals surface area contributed by atoms with Crippen LogP contribution in [0.4, 0.5) is 11.4 Å². The van der Waals surface area contributed by atoms with Crippen molar-refractivity contribution in [1.29, 1.82) is 0 Å². The third-order valence-electron chi connectivity index (χ3n) is 2.57. The molecule has 9 heteroatoms. The van der Waals surface area contributed by atoms with Gasteiger partial charge in [0.25, 0.3) is 20.1 Å². The first-order valence-electron chi connectivity index (χ1n) is 5.64. The second-order valence-electron chi connectivity index (χ2n) is 4.18. The summed E-state index contributed by atoms with van der Waals surface area (Å²) in [6.07, 6.45) is 0. The fraction of sp³-hybridized carbons (Fsp3) is 0. The quantitative estimate of drug-likeness (QED) is 0.574. The first-order valence-corrected chi connectivity index (χ1v) is 8.57. The largest absolute Gasteiger partial charge is 0.399 e. The lowest BCUT2D eigenvalue weighted by Crippen LogP contribution is -2.13. The van der Waals surface area contributed by atoms with Gasteiger partial charge in [-0.1, -0.05) is 6.07 Å². The Hall–Kier alpha value is -2.10. The van der Waals surface area contributed by atoms with Crippen LogP contribution in [0.2, 0.25) is 0 Å². The summed E-state index contributed by atoms with van der Waals surface area (Å²) >= 11 is 0. The summed E-state index contributed by atoms with van der Waals surface area (Å²) in [4.78, 5) is -0.422. The average Bonchev–Trinajstić information content (AvgIpc) is 2.38. The Kier molecular flexibility index (Phi) is 3.90. The number of hydrogen-bond acceptors (Lipinski definition) is 5. The van der Waals surface area contributed by atoms with E-state index < -0.39 is 25.0 Å². The van der Waals surface area contributed by atoms with Crippen LogP contribution in [0.15, 0.2) is 58.3 Å². The van der Waals surface area contributed by atoms with Crippen molar-refractivity contribution in [2.45, 2.75) is 9.79 Å². The molecule has 2 aromatic rings. The number of anilines is 2. The first-order chi connectivity index (χ1) is 9.68. The molecular formula is C12H12N2O5S2. The van der Waals surface area contributed by atoms with Gasteiger partial charge in [0.1, 0.15) is 0 Å². The van der Waals surface area contributed by atoms with Crippen LogP contribution in [0.5, 0.6) is 0 Å². The van der Waals surface area contributed by atoms with Crippen LogP contribution in [0.3, 0.4) is 0 Å². The van der Waals surface area contributed by atoms with Crippen LogP contribution in [0, 0.1) is 0 Å². The molecule has 0 heterocycles.